The number of ether oxygens (including phenoxy) is 1. The van der Waals surface area contributed by atoms with Gasteiger partial charge in [-0.15, -0.1) is 0 Å². The Morgan fingerprint density at radius 2 is 2.21 bits per heavy atom. The number of anilines is 1. The Hall–Kier alpha value is -2.38. The molecule has 104 valence electrons. The molecule has 0 aliphatic rings. The molecule has 1 aromatic rings. The molecular weight excluding hydrogens is 259 g/mol. The van der Waals surface area contributed by atoms with Gasteiger partial charge in [0.25, 0.3) is 0 Å². The summed E-state index contributed by atoms with van der Waals surface area (Å²) in [6.07, 6.45) is -0.216. The summed E-state index contributed by atoms with van der Waals surface area (Å²) in [4.78, 5) is 21.8. The zero-order valence-electron chi connectivity index (χ0n) is 10.4. The number of halogens is 1. The number of carboxylic acids is 1. The van der Waals surface area contributed by atoms with Crippen LogP contribution in [0, 0.1) is 15.9 Å². The topological polar surface area (TPSA) is 92.9 Å². The highest BCUT2D eigenvalue weighted by atomic mass is 19.1. The van der Waals surface area contributed by atoms with E-state index >= 15 is 0 Å². The van der Waals surface area contributed by atoms with Gasteiger partial charge in [-0.3, -0.25) is 14.9 Å². The van der Waals surface area contributed by atoms with Crippen molar-refractivity contribution < 1.29 is 24.0 Å². The molecule has 1 aromatic carbocycles. The summed E-state index contributed by atoms with van der Waals surface area (Å²) in [5, 5.41) is 19.5. The molecule has 0 saturated carbocycles. The first-order chi connectivity index (χ1) is 8.86. The molecule has 0 aromatic heterocycles. The molecule has 0 bridgehead atoms. The Morgan fingerprint density at radius 1 is 1.58 bits per heavy atom. The summed E-state index contributed by atoms with van der Waals surface area (Å²) in [6, 6.07) is 2.20. The van der Waals surface area contributed by atoms with Gasteiger partial charge in [0.2, 0.25) is 5.82 Å². The summed E-state index contributed by atoms with van der Waals surface area (Å²) >= 11 is 0. The van der Waals surface area contributed by atoms with Gasteiger partial charge in [-0.1, -0.05) is 0 Å². The van der Waals surface area contributed by atoms with Gasteiger partial charge in [0.1, 0.15) is 11.4 Å². The van der Waals surface area contributed by atoms with Crippen molar-refractivity contribution in [2.45, 2.75) is 6.42 Å². The fraction of sp³-hybridized carbons (Fsp3) is 0.364. The van der Waals surface area contributed by atoms with Gasteiger partial charge in [0, 0.05) is 25.7 Å². The summed E-state index contributed by atoms with van der Waals surface area (Å²) < 4.78 is 18.5. The maximum absolute atomic E-state index is 13.6. The van der Waals surface area contributed by atoms with E-state index in [1.807, 2.05) is 0 Å². The number of nitro groups is 1. The van der Waals surface area contributed by atoms with Crippen molar-refractivity contribution >= 4 is 17.3 Å². The third-order valence-electron chi connectivity index (χ3n) is 2.51. The number of rotatable bonds is 6. The maximum Gasteiger partial charge on any atom is 0.328 e. The number of carboxylic acid groups (broad SMARTS) is 1. The van der Waals surface area contributed by atoms with Gasteiger partial charge in [-0.2, -0.15) is 4.39 Å². The third-order valence-corrected chi connectivity index (χ3v) is 2.51. The largest absolute Gasteiger partial charge is 0.497 e. The Labute approximate surface area is 108 Å². The van der Waals surface area contributed by atoms with Crippen molar-refractivity contribution in [1.82, 2.24) is 0 Å². The minimum Gasteiger partial charge on any atom is -0.497 e. The van der Waals surface area contributed by atoms with Crippen LogP contribution in [-0.4, -0.2) is 36.7 Å². The van der Waals surface area contributed by atoms with Crippen LogP contribution in [0.4, 0.5) is 15.8 Å². The third kappa shape index (κ3) is 3.54. The van der Waals surface area contributed by atoms with Gasteiger partial charge in [0.05, 0.1) is 18.5 Å². The second kappa shape index (κ2) is 5.98. The zero-order chi connectivity index (χ0) is 14.6. The first kappa shape index (κ1) is 14.7. The van der Waals surface area contributed by atoms with E-state index in [0.29, 0.717) is 0 Å². The fourth-order valence-corrected chi connectivity index (χ4v) is 1.53. The van der Waals surface area contributed by atoms with Crippen molar-refractivity contribution in [1.29, 1.82) is 0 Å². The maximum atomic E-state index is 13.6. The molecule has 1 N–H and O–H groups in total. The molecule has 0 unspecified atom stereocenters. The summed E-state index contributed by atoms with van der Waals surface area (Å²) in [5.74, 6) is -1.94. The van der Waals surface area contributed by atoms with E-state index in [0.717, 1.165) is 6.07 Å². The van der Waals surface area contributed by atoms with Crippen LogP contribution in [0.3, 0.4) is 0 Å². The quantitative estimate of drug-likeness (QED) is 0.625. The number of nitro benzene ring substituents is 1. The highest BCUT2D eigenvalue weighted by Crippen LogP contribution is 2.34. The molecule has 0 amide bonds. The molecule has 19 heavy (non-hydrogen) atoms. The fourth-order valence-electron chi connectivity index (χ4n) is 1.53. The monoisotopic (exact) mass is 272 g/mol. The Kier molecular flexibility index (Phi) is 4.62. The number of carbonyl (C=O) groups is 1. The van der Waals surface area contributed by atoms with E-state index in [4.69, 9.17) is 9.84 Å². The van der Waals surface area contributed by atoms with Gasteiger partial charge in [-0.25, -0.2) is 0 Å². The number of nitrogens with zero attached hydrogens (tertiary/aromatic N) is 2. The summed E-state index contributed by atoms with van der Waals surface area (Å²) in [5.41, 5.74) is -0.725. The Bertz CT molecular complexity index is 506. The first-order valence-corrected chi connectivity index (χ1v) is 5.31. The average Bonchev–Trinajstić information content (AvgIpc) is 2.34. The van der Waals surface area contributed by atoms with Crippen LogP contribution in [0.25, 0.3) is 0 Å². The van der Waals surface area contributed by atoms with Crippen molar-refractivity contribution in [2.24, 2.45) is 0 Å². The molecule has 0 saturated heterocycles. The summed E-state index contributed by atoms with van der Waals surface area (Å²) in [6.45, 7) is 0.0166. The van der Waals surface area contributed by atoms with E-state index in [-0.39, 0.29) is 24.4 Å². The second-order valence-corrected chi connectivity index (χ2v) is 3.80. The Balaban J connectivity index is 3.18. The molecule has 0 atom stereocenters. The second-order valence-electron chi connectivity index (χ2n) is 3.80. The molecule has 0 aliphatic carbocycles. The normalized spacial score (nSPS) is 10.1. The van der Waals surface area contributed by atoms with E-state index in [2.05, 4.69) is 0 Å². The molecule has 1 rings (SSSR count). The van der Waals surface area contributed by atoms with Crippen molar-refractivity contribution in [3.05, 3.63) is 28.1 Å². The molecule has 0 aliphatic heterocycles. The highest BCUT2D eigenvalue weighted by Gasteiger charge is 2.24. The average molecular weight is 272 g/mol. The lowest BCUT2D eigenvalue weighted by molar-refractivity contribution is -0.386. The highest BCUT2D eigenvalue weighted by molar-refractivity contribution is 5.70. The number of aliphatic carboxylic acids is 1. The lowest BCUT2D eigenvalue weighted by Crippen LogP contribution is -2.22. The van der Waals surface area contributed by atoms with Crippen molar-refractivity contribution in [3.8, 4) is 5.75 Å². The van der Waals surface area contributed by atoms with Crippen molar-refractivity contribution in [2.75, 3.05) is 25.6 Å². The van der Waals surface area contributed by atoms with Crippen LogP contribution in [0.15, 0.2) is 12.1 Å². The Morgan fingerprint density at radius 3 is 2.68 bits per heavy atom. The van der Waals surface area contributed by atoms with Gasteiger partial charge in [-0.05, 0) is 0 Å². The van der Waals surface area contributed by atoms with E-state index in [1.54, 1.807) is 0 Å². The summed E-state index contributed by atoms with van der Waals surface area (Å²) in [7, 11) is 2.76. The van der Waals surface area contributed by atoms with Crippen LogP contribution < -0.4 is 9.64 Å². The SMILES string of the molecule is COc1cc(F)c([N+](=O)[O-])c(N(C)CCC(=O)O)c1. The van der Waals surface area contributed by atoms with Gasteiger partial charge < -0.3 is 14.7 Å². The van der Waals surface area contributed by atoms with Gasteiger partial charge >= 0.3 is 11.7 Å². The molecule has 8 heteroatoms. The van der Waals surface area contributed by atoms with Crippen LogP contribution >= 0.6 is 0 Å². The standard InChI is InChI=1S/C11H13FN2O5/c1-13(4-3-10(15)16)9-6-7(19-2)5-8(12)11(9)14(17)18/h5-6H,3-4H2,1-2H3,(H,15,16). The number of benzene rings is 1. The van der Waals surface area contributed by atoms with Crippen molar-refractivity contribution in [3.63, 3.8) is 0 Å². The molecule has 0 radical (unpaired) electrons. The van der Waals surface area contributed by atoms with E-state index in [1.165, 1.54) is 25.1 Å². The van der Waals surface area contributed by atoms with Gasteiger partial charge in [0.15, 0.2) is 0 Å². The lowest BCUT2D eigenvalue weighted by atomic mass is 10.2. The molecular formula is C11H13FN2O5. The lowest BCUT2D eigenvalue weighted by Gasteiger charge is -2.19. The minimum absolute atomic E-state index is 0.0166. The zero-order valence-corrected chi connectivity index (χ0v) is 10.4. The molecule has 0 heterocycles. The number of methoxy groups -OCH3 is 1. The molecule has 0 fully saturated rings. The number of hydrogen-bond acceptors (Lipinski definition) is 5. The van der Waals surface area contributed by atoms with Crippen LogP contribution in [0.2, 0.25) is 0 Å². The van der Waals surface area contributed by atoms with E-state index in [9.17, 15) is 19.3 Å². The predicted octanol–water partition coefficient (Wildman–Crippen LogP) is 1.65. The number of hydrogen-bond donors (Lipinski definition) is 1. The predicted molar refractivity (Wildman–Crippen MR) is 65.1 cm³/mol. The van der Waals surface area contributed by atoms with E-state index < -0.39 is 22.4 Å². The van der Waals surface area contributed by atoms with Crippen LogP contribution in [0.5, 0.6) is 5.75 Å². The van der Waals surface area contributed by atoms with Crippen LogP contribution in [0.1, 0.15) is 6.42 Å². The molecule has 7 nitrogen and oxygen atoms in total. The molecule has 0 spiro atoms. The van der Waals surface area contributed by atoms with Crippen LogP contribution in [-0.2, 0) is 4.79 Å². The minimum atomic E-state index is -1.04. The smallest absolute Gasteiger partial charge is 0.328 e. The first-order valence-electron chi connectivity index (χ1n) is 5.31.